The number of halogens is 1. The van der Waals surface area contributed by atoms with Gasteiger partial charge in [0.2, 0.25) is 0 Å². The average molecular weight is 401 g/mol. The first-order chi connectivity index (χ1) is 14.0. The molecule has 29 heavy (non-hydrogen) atoms. The zero-order valence-electron chi connectivity index (χ0n) is 18.0. The second-order valence-electron chi connectivity index (χ2n) is 7.51. The molecule has 6 nitrogen and oxygen atoms in total. The van der Waals surface area contributed by atoms with E-state index in [0.29, 0.717) is 18.2 Å². The van der Waals surface area contributed by atoms with Crippen molar-refractivity contribution in [1.82, 2.24) is 20.0 Å². The molecule has 1 unspecified atom stereocenters. The van der Waals surface area contributed by atoms with Gasteiger partial charge in [-0.25, -0.2) is 9.38 Å². The van der Waals surface area contributed by atoms with Gasteiger partial charge in [0.25, 0.3) is 0 Å². The molecular weight excluding hydrogens is 367 g/mol. The summed E-state index contributed by atoms with van der Waals surface area (Å²) >= 11 is 0. The van der Waals surface area contributed by atoms with Crippen LogP contribution in [-0.4, -0.2) is 53.4 Å². The van der Waals surface area contributed by atoms with Gasteiger partial charge in [0.15, 0.2) is 5.96 Å². The molecule has 2 aromatic rings. The van der Waals surface area contributed by atoms with Crippen LogP contribution in [0.25, 0.3) is 0 Å². The first-order valence-electron chi connectivity index (χ1n) is 10.6. The fraction of sp³-hybridized carbons (Fsp3) is 0.545. The van der Waals surface area contributed by atoms with E-state index in [1.54, 1.807) is 6.07 Å². The molecule has 1 atom stereocenters. The standard InChI is InChI=1S/C22H33FN6/c1-5-24-22(29-11-10-18(16-29)19-14-26-27(4)15-19)25-13-17-8-9-21(20(23)12-17)28(6-2)7-3/h8-9,12,14-15,18H,5-7,10-11,13,16H2,1-4H3,(H,24,25). The zero-order valence-corrected chi connectivity index (χ0v) is 18.0. The van der Waals surface area contributed by atoms with E-state index in [1.807, 2.05) is 48.8 Å². The zero-order chi connectivity index (χ0) is 20.8. The number of likely N-dealkylation sites (tertiary alicyclic amines) is 1. The van der Waals surface area contributed by atoms with E-state index in [1.165, 1.54) is 5.56 Å². The summed E-state index contributed by atoms with van der Waals surface area (Å²) < 4.78 is 16.4. The first kappa shape index (κ1) is 21.1. The molecule has 0 aliphatic carbocycles. The van der Waals surface area contributed by atoms with Crippen molar-refractivity contribution in [1.29, 1.82) is 0 Å². The average Bonchev–Trinajstić information content (AvgIpc) is 3.36. The second kappa shape index (κ2) is 9.76. The molecule has 0 bridgehead atoms. The summed E-state index contributed by atoms with van der Waals surface area (Å²) in [7, 11) is 1.95. The van der Waals surface area contributed by atoms with Crippen molar-refractivity contribution in [3.63, 3.8) is 0 Å². The van der Waals surface area contributed by atoms with Gasteiger partial charge in [-0.2, -0.15) is 5.10 Å². The summed E-state index contributed by atoms with van der Waals surface area (Å²) in [4.78, 5) is 9.10. The van der Waals surface area contributed by atoms with Crippen LogP contribution in [-0.2, 0) is 13.6 Å². The van der Waals surface area contributed by atoms with Gasteiger partial charge >= 0.3 is 0 Å². The van der Waals surface area contributed by atoms with Crippen LogP contribution < -0.4 is 10.2 Å². The Morgan fingerprint density at radius 2 is 2.10 bits per heavy atom. The van der Waals surface area contributed by atoms with Gasteiger partial charge in [0.1, 0.15) is 5.82 Å². The minimum atomic E-state index is -0.177. The van der Waals surface area contributed by atoms with Crippen LogP contribution in [0.2, 0.25) is 0 Å². The molecule has 2 heterocycles. The predicted octanol–water partition coefficient (Wildman–Crippen LogP) is 3.36. The minimum Gasteiger partial charge on any atom is -0.370 e. The largest absolute Gasteiger partial charge is 0.370 e. The Hall–Kier alpha value is -2.57. The molecule has 3 rings (SSSR count). The van der Waals surface area contributed by atoms with Gasteiger partial charge in [-0.15, -0.1) is 0 Å². The Kier molecular flexibility index (Phi) is 7.12. The van der Waals surface area contributed by atoms with Crippen LogP contribution in [0.1, 0.15) is 44.2 Å². The smallest absolute Gasteiger partial charge is 0.194 e. The molecular formula is C22H33FN6. The molecule has 1 aliphatic rings. The van der Waals surface area contributed by atoms with Gasteiger partial charge in [-0.1, -0.05) is 6.07 Å². The van der Waals surface area contributed by atoms with E-state index in [-0.39, 0.29) is 5.82 Å². The van der Waals surface area contributed by atoms with E-state index in [4.69, 9.17) is 4.99 Å². The van der Waals surface area contributed by atoms with Gasteiger partial charge in [0.05, 0.1) is 18.4 Å². The lowest BCUT2D eigenvalue weighted by molar-refractivity contribution is 0.486. The van der Waals surface area contributed by atoms with Crippen LogP contribution in [0.5, 0.6) is 0 Å². The van der Waals surface area contributed by atoms with Crippen LogP contribution in [0.15, 0.2) is 35.6 Å². The number of aryl methyl sites for hydroxylation is 1. The lowest BCUT2D eigenvalue weighted by atomic mass is 10.0. The SMILES string of the molecule is CCNC(=NCc1ccc(N(CC)CC)c(F)c1)N1CCC(c2cnn(C)c2)C1. The number of benzene rings is 1. The maximum atomic E-state index is 14.6. The van der Waals surface area contributed by atoms with Gasteiger partial charge in [-0.3, -0.25) is 4.68 Å². The molecule has 1 aromatic heterocycles. The maximum absolute atomic E-state index is 14.6. The Bertz CT molecular complexity index is 826. The maximum Gasteiger partial charge on any atom is 0.194 e. The summed E-state index contributed by atoms with van der Waals surface area (Å²) in [5, 5.41) is 7.68. The van der Waals surface area contributed by atoms with Gasteiger partial charge in [0, 0.05) is 51.9 Å². The highest BCUT2D eigenvalue weighted by Gasteiger charge is 2.26. The van der Waals surface area contributed by atoms with Crippen molar-refractivity contribution in [3.05, 3.63) is 47.5 Å². The highest BCUT2D eigenvalue weighted by atomic mass is 19.1. The Morgan fingerprint density at radius 1 is 1.31 bits per heavy atom. The number of hydrogen-bond donors (Lipinski definition) is 1. The normalized spacial score (nSPS) is 17.1. The Labute approximate surface area is 173 Å². The minimum absolute atomic E-state index is 0.177. The third-order valence-electron chi connectivity index (χ3n) is 5.55. The lowest BCUT2D eigenvalue weighted by Gasteiger charge is -2.22. The molecule has 1 aliphatic heterocycles. The van der Waals surface area contributed by atoms with Crippen LogP contribution >= 0.6 is 0 Å². The summed E-state index contributed by atoms with van der Waals surface area (Å²) in [5.41, 5.74) is 2.82. The molecule has 1 saturated heterocycles. The summed E-state index contributed by atoms with van der Waals surface area (Å²) in [5.74, 6) is 1.19. The number of nitrogens with one attached hydrogen (secondary N) is 1. The summed E-state index contributed by atoms with van der Waals surface area (Å²) in [6.07, 6.45) is 5.14. The molecule has 1 fully saturated rings. The number of anilines is 1. The lowest BCUT2D eigenvalue weighted by Crippen LogP contribution is -2.40. The fourth-order valence-corrected chi connectivity index (χ4v) is 3.94. The van der Waals surface area contributed by atoms with E-state index < -0.39 is 0 Å². The van der Waals surface area contributed by atoms with E-state index in [2.05, 4.69) is 28.4 Å². The van der Waals surface area contributed by atoms with E-state index in [0.717, 1.165) is 50.7 Å². The highest BCUT2D eigenvalue weighted by Crippen LogP contribution is 2.27. The van der Waals surface area contributed by atoms with Crippen LogP contribution in [0.4, 0.5) is 10.1 Å². The van der Waals surface area contributed by atoms with E-state index >= 15 is 0 Å². The Morgan fingerprint density at radius 3 is 2.72 bits per heavy atom. The fourth-order valence-electron chi connectivity index (χ4n) is 3.94. The summed E-state index contributed by atoms with van der Waals surface area (Å²) in [6.45, 7) is 10.9. The summed E-state index contributed by atoms with van der Waals surface area (Å²) in [6, 6.07) is 5.46. The van der Waals surface area contributed by atoms with E-state index in [9.17, 15) is 4.39 Å². The highest BCUT2D eigenvalue weighted by molar-refractivity contribution is 5.80. The van der Waals surface area contributed by atoms with Crippen LogP contribution in [0, 0.1) is 5.82 Å². The molecule has 7 heteroatoms. The molecule has 1 aromatic carbocycles. The predicted molar refractivity (Wildman–Crippen MR) is 117 cm³/mol. The first-order valence-corrected chi connectivity index (χ1v) is 10.6. The van der Waals surface area contributed by atoms with Crippen molar-refractivity contribution < 1.29 is 4.39 Å². The number of nitrogens with zero attached hydrogens (tertiary/aromatic N) is 5. The molecule has 0 spiro atoms. The van der Waals surface area contributed by atoms with Gasteiger partial charge in [-0.05, 0) is 50.5 Å². The molecule has 0 radical (unpaired) electrons. The third kappa shape index (κ3) is 5.08. The number of aromatic nitrogens is 2. The van der Waals surface area contributed by atoms with Crippen LogP contribution in [0.3, 0.4) is 0 Å². The number of rotatable bonds is 7. The van der Waals surface area contributed by atoms with Crippen molar-refractivity contribution in [2.24, 2.45) is 12.0 Å². The van der Waals surface area contributed by atoms with Crippen molar-refractivity contribution in [2.75, 3.05) is 37.6 Å². The number of aliphatic imine (C=N–C) groups is 1. The molecule has 0 saturated carbocycles. The topological polar surface area (TPSA) is 48.7 Å². The van der Waals surface area contributed by atoms with Gasteiger partial charge < -0.3 is 15.1 Å². The Balaban J connectivity index is 1.69. The monoisotopic (exact) mass is 400 g/mol. The van der Waals surface area contributed by atoms with Crippen molar-refractivity contribution in [2.45, 2.75) is 39.7 Å². The third-order valence-corrected chi connectivity index (χ3v) is 5.55. The quantitative estimate of drug-likeness (QED) is 0.572. The molecule has 0 amide bonds. The molecule has 1 N–H and O–H groups in total. The number of hydrogen-bond acceptors (Lipinski definition) is 3. The van der Waals surface area contributed by atoms with Crippen molar-refractivity contribution >= 4 is 11.6 Å². The second-order valence-corrected chi connectivity index (χ2v) is 7.51. The molecule has 158 valence electrons. The number of guanidine groups is 1. The van der Waals surface area contributed by atoms with Crippen molar-refractivity contribution in [3.8, 4) is 0 Å².